The van der Waals surface area contributed by atoms with Crippen molar-refractivity contribution in [3.8, 4) is 0 Å². The van der Waals surface area contributed by atoms with E-state index in [9.17, 15) is 9.90 Å². The lowest BCUT2D eigenvalue weighted by Crippen LogP contribution is -2.40. The van der Waals surface area contributed by atoms with Gasteiger partial charge in [-0.1, -0.05) is 35.9 Å². The monoisotopic (exact) mass is 443 g/mol. The fraction of sp³-hybridized carbons (Fsp3) is 0.417. The number of hydrogen-bond donors (Lipinski definition) is 1. The molecular weight excluding hydrogens is 416 g/mol. The second-order valence-electron chi connectivity index (χ2n) is 8.24. The van der Waals surface area contributed by atoms with Crippen molar-refractivity contribution in [1.29, 1.82) is 0 Å². The topological polar surface area (TPSA) is 55.4 Å². The van der Waals surface area contributed by atoms with Crippen molar-refractivity contribution in [2.75, 3.05) is 11.9 Å². The minimum absolute atomic E-state index is 0.312. The number of carbonyl (C=O) groups excluding carboxylic acids is 1. The first kappa shape index (κ1) is 22.6. The highest BCUT2D eigenvalue weighted by Crippen LogP contribution is 2.30. The lowest BCUT2D eigenvalue weighted by atomic mass is 9.82. The highest BCUT2D eigenvalue weighted by Gasteiger charge is 2.25. The van der Waals surface area contributed by atoms with Gasteiger partial charge in [0.15, 0.2) is 5.11 Å². The van der Waals surface area contributed by atoms with Crippen molar-refractivity contribution in [2.24, 2.45) is 11.8 Å². The van der Waals surface area contributed by atoms with Gasteiger partial charge in [-0.15, -0.1) is 0 Å². The molecule has 0 aromatic heterocycles. The Hall–Kier alpha value is -2.11. The molecule has 2 aromatic rings. The van der Waals surface area contributed by atoms with E-state index in [0.717, 1.165) is 35.7 Å². The van der Waals surface area contributed by atoms with E-state index < -0.39 is 5.97 Å². The van der Waals surface area contributed by atoms with Gasteiger partial charge in [-0.05, 0) is 98.5 Å². The summed E-state index contributed by atoms with van der Waals surface area (Å²) >= 11 is 11.9. The number of benzene rings is 2. The quantitative estimate of drug-likeness (QED) is 0.655. The molecule has 1 aliphatic rings. The van der Waals surface area contributed by atoms with Crippen LogP contribution in [0, 0.1) is 25.7 Å². The lowest BCUT2D eigenvalue weighted by Gasteiger charge is -2.34. The summed E-state index contributed by atoms with van der Waals surface area (Å²) in [7, 11) is 0. The second kappa shape index (κ2) is 10.3. The van der Waals surface area contributed by atoms with Crippen LogP contribution in [-0.4, -0.2) is 22.5 Å². The van der Waals surface area contributed by atoms with Gasteiger partial charge >= 0.3 is 0 Å². The van der Waals surface area contributed by atoms with E-state index in [4.69, 9.17) is 23.8 Å². The molecule has 0 unspecified atom stereocenters. The number of carboxylic acids is 1. The van der Waals surface area contributed by atoms with Gasteiger partial charge in [0.2, 0.25) is 0 Å². The zero-order valence-electron chi connectivity index (χ0n) is 17.5. The molecule has 1 fully saturated rings. The number of thiocarbonyl (C=S) groups is 1. The molecule has 0 amide bonds. The third kappa shape index (κ3) is 5.96. The van der Waals surface area contributed by atoms with Crippen LogP contribution in [0.15, 0.2) is 42.5 Å². The Morgan fingerprint density at radius 1 is 1.13 bits per heavy atom. The summed E-state index contributed by atoms with van der Waals surface area (Å²) in [6.45, 7) is 5.59. The Balaban J connectivity index is 1.73. The first-order valence-electron chi connectivity index (χ1n) is 10.4. The second-order valence-corrected chi connectivity index (χ2v) is 9.03. The lowest BCUT2D eigenvalue weighted by molar-refractivity contribution is -0.312. The smallest absolute Gasteiger partial charge is 0.173 e. The molecule has 0 spiro atoms. The minimum atomic E-state index is -0.916. The first-order chi connectivity index (χ1) is 14.3. The number of nitrogens with zero attached hydrogens (tertiary/aromatic N) is 1. The van der Waals surface area contributed by atoms with E-state index in [0.29, 0.717) is 30.4 Å². The standard InChI is InChI=1S/C24H29ClN2O2S/c1-16-5-3-4-6-20(16)15-27(14-18-7-9-19(10-8-18)23(28)29)24(30)26-21-11-12-22(25)17(2)13-21/h3-6,11-13,18-19H,7-10,14-15H2,1-2H3,(H,26,30)(H,28,29)/p-1. The molecule has 3 rings (SSSR count). The summed E-state index contributed by atoms with van der Waals surface area (Å²) in [5.41, 5.74) is 4.37. The fourth-order valence-corrected chi connectivity index (χ4v) is 4.40. The number of anilines is 1. The van der Waals surface area contributed by atoms with E-state index in [-0.39, 0.29) is 5.92 Å². The van der Waals surface area contributed by atoms with Gasteiger partial charge < -0.3 is 20.1 Å². The van der Waals surface area contributed by atoms with Crippen LogP contribution >= 0.6 is 23.8 Å². The van der Waals surface area contributed by atoms with E-state index >= 15 is 0 Å². The van der Waals surface area contributed by atoms with Crippen molar-refractivity contribution in [3.63, 3.8) is 0 Å². The van der Waals surface area contributed by atoms with Crippen LogP contribution in [0.3, 0.4) is 0 Å². The van der Waals surface area contributed by atoms with E-state index in [1.165, 1.54) is 11.1 Å². The molecule has 0 atom stereocenters. The number of carbonyl (C=O) groups is 1. The largest absolute Gasteiger partial charge is 0.550 e. The molecule has 30 heavy (non-hydrogen) atoms. The van der Waals surface area contributed by atoms with Crippen molar-refractivity contribution < 1.29 is 9.90 Å². The van der Waals surface area contributed by atoms with E-state index in [1.54, 1.807) is 0 Å². The number of carboxylic acid groups (broad SMARTS) is 1. The van der Waals surface area contributed by atoms with Crippen LogP contribution in [0.25, 0.3) is 0 Å². The molecule has 0 bridgehead atoms. The maximum absolute atomic E-state index is 11.2. The van der Waals surface area contributed by atoms with E-state index in [2.05, 4.69) is 29.3 Å². The van der Waals surface area contributed by atoms with Crippen molar-refractivity contribution >= 4 is 40.6 Å². The van der Waals surface area contributed by atoms with Gasteiger partial charge in [0.05, 0.1) is 0 Å². The van der Waals surface area contributed by atoms with Crippen LogP contribution in [0.4, 0.5) is 5.69 Å². The summed E-state index contributed by atoms with van der Waals surface area (Å²) in [5, 5.41) is 15.9. The molecule has 2 aromatic carbocycles. The number of rotatable bonds is 6. The molecule has 1 saturated carbocycles. The zero-order valence-corrected chi connectivity index (χ0v) is 19.1. The Labute approximate surface area is 189 Å². The summed E-state index contributed by atoms with van der Waals surface area (Å²) < 4.78 is 0. The van der Waals surface area contributed by atoms with Gasteiger partial charge in [-0.3, -0.25) is 0 Å². The third-order valence-electron chi connectivity index (χ3n) is 5.98. The summed E-state index contributed by atoms with van der Waals surface area (Å²) in [4.78, 5) is 13.4. The van der Waals surface area contributed by atoms with Gasteiger partial charge in [-0.25, -0.2) is 0 Å². The van der Waals surface area contributed by atoms with Crippen LogP contribution in [0.1, 0.15) is 42.4 Å². The number of aryl methyl sites for hydroxylation is 2. The van der Waals surface area contributed by atoms with Crippen LogP contribution < -0.4 is 10.4 Å². The van der Waals surface area contributed by atoms with E-state index in [1.807, 2.05) is 37.3 Å². The summed E-state index contributed by atoms with van der Waals surface area (Å²) in [6.07, 6.45) is 3.13. The maximum atomic E-state index is 11.2. The highest BCUT2D eigenvalue weighted by molar-refractivity contribution is 7.80. The number of nitrogens with one attached hydrogen (secondary N) is 1. The highest BCUT2D eigenvalue weighted by atomic mass is 35.5. The molecule has 0 heterocycles. The summed E-state index contributed by atoms with van der Waals surface area (Å²) in [6, 6.07) is 14.1. The maximum Gasteiger partial charge on any atom is 0.173 e. The van der Waals surface area contributed by atoms with Gasteiger partial charge in [0, 0.05) is 29.8 Å². The van der Waals surface area contributed by atoms with Crippen molar-refractivity contribution in [2.45, 2.75) is 46.1 Å². The Morgan fingerprint density at radius 3 is 2.47 bits per heavy atom. The molecule has 1 N–H and O–H groups in total. The SMILES string of the molecule is Cc1cc(NC(=S)N(Cc2ccccc2C)CC2CCC(C(=O)[O-])CC2)ccc1Cl. The molecule has 4 nitrogen and oxygen atoms in total. The van der Waals surface area contributed by atoms with Crippen molar-refractivity contribution in [1.82, 2.24) is 4.90 Å². The average molecular weight is 444 g/mol. The zero-order chi connectivity index (χ0) is 21.7. The van der Waals surface area contributed by atoms with Gasteiger partial charge in [-0.2, -0.15) is 0 Å². The first-order valence-corrected chi connectivity index (χ1v) is 11.2. The summed E-state index contributed by atoms with van der Waals surface area (Å²) in [5.74, 6) is -0.815. The van der Waals surface area contributed by atoms with Crippen LogP contribution in [-0.2, 0) is 11.3 Å². The number of hydrogen-bond acceptors (Lipinski definition) is 3. The predicted molar refractivity (Wildman–Crippen MR) is 124 cm³/mol. The van der Waals surface area contributed by atoms with Gasteiger partial charge in [0.1, 0.15) is 0 Å². The Kier molecular flexibility index (Phi) is 7.73. The van der Waals surface area contributed by atoms with Crippen LogP contribution in [0.2, 0.25) is 5.02 Å². The predicted octanol–water partition coefficient (Wildman–Crippen LogP) is 4.71. The number of aliphatic carboxylic acids is 1. The van der Waals surface area contributed by atoms with Crippen LogP contribution in [0.5, 0.6) is 0 Å². The molecule has 1 aliphatic carbocycles. The molecule has 160 valence electrons. The fourth-order valence-electron chi connectivity index (χ4n) is 4.03. The average Bonchev–Trinajstić information content (AvgIpc) is 2.72. The van der Waals surface area contributed by atoms with Gasteiger partial charge in [0.25, 0.3) is 0 Å². The Bertz CT molecular complexity index is 910. The molecular formula is C24H28ClN2O2S-. The molecule has 0 aliphatic heterocycles. The minimum Gasteiger partial charge on any atom is -0.550 e. The third-order valence-corrected chi connectivity index (χ3v) is 6.76. The van der Waals surface area contributed by atoms with Crippen molar-refractivity contribution in [3.05, 3.63) is 64.2 Å². The molecule has 0 saturated heterocycles. The molecule has 0 radical (unpaired) electrons. The normalized spacial score (nSPS) is 18.6. The Morgan fingerprint density at radius 2 is 1.83 bits per heavy atom. The number of halogens is 1. The molecule has 6 heteroatoms.